The first-order valence-electron chi connectivity index (χ1n) is 5.66. The number of nitrogens with zero attached hydrogens (tertiary/aromatic N) is 2. The fourth-order valence-electron chi connectivity index (χ4n) is 1.80. The lowest BCUT2D eigenvalue weighted by Gasteiger charge is -2.12. The maximum atomic E-state index is 4.36. The Hall–Kier alpha value is -1.16. The third-order valence-corrected chi connectivity index (χ3v) is 3.97. The van der Waals surface area contributed by atoms with Crippen molar-refractivity contribution in [3.63, 3.8) is 0 Å². The number of nitrogens with one attached hydrogen (secondary N) is 1. The largest absolute Gasteiger partial charge is 0.282 e. The summed E-state index contributed by atoms with van der Waals surface area (Å²) in [7, 11) is 0. The van der Waals surface area contributed by atoms with Crippen molar-refractivity contribution in [2.75, 3.05) is 0 Å². The summed E-state index contributed by atoms with van der Waals surface area (Å²) in [6, 6.07) is 2.05. The van der Waals surface area contributed by atoms with Crippen molar-refractivity contribution in [3.8, 4) is 0 Å². The maximum Gasteiger partial charge on any atom is 0.0953 e. The number of hydrogen-bond donors (Lipinski definition) is 1. The molecule has 2 heterocycles. The zero-order valence-corrected chi connectivity index (χ0v) is 10.5. The van der Waals surface area contributed by atoms with E-state index in [2.05, 4.69) is 35.1 Å². The summed E-state index contributed by atoms with van der Waals surface area (Å²) < 4.78 is 0. The summed E-state index contributed by atoms with van der Waals surface area (Å²) in [5.74, 6) is 1.11. The number of aromatic nitrogens is 3. The quantitative estimate of drug-likeness (QED) is 0.861. The van der Waals surface area contributed by atoms with Gasteiger partial charge in [0.1, 0.15) is 0 Å². The Balaban J connectivity index is 1.84. The molecule has 16 heavy (non-hydrogen) atoms. The molecule has 2 unspecified atom stereocenters. The molecule has 0 amide bonds. The monoisotopic (exact) mass is 235 g/mol. The molecule has 4 heteroatoms. The molecule has 0 fully saturated rings. The second kappa shape index (κ2) is 5.25. The number of thiazole rings is 1. The number of H-pyrrole nitrogens is 1. The summed E-state index contributed by atoms with van der Waals surface area (Å²) in [5, 5.41) is 10.3. The highest BCUT2D eigenvalue weighted by Gasteiger charge is 2.12. The topological polar surface area (TPSA) is 41.6 Å². The molecule has 0 spiro atoms. The molecule has 2 atom stereocenters. The second-order valence-corrected chi connectivity index (χ2v) is 5.19. The van der Waals surface area contributed by atoms with Gasteiger partial charge in [0, 0.05) is 29.4 Å². The molecule has 2 aromatic heterocycles. The molecule has 3 nitrogen and oxygen atoms in total. The molecule has 1 N–H and O–H groups in total. The van der Waals surface area contributed by atoms with Gasteiger partial charge in [0.2, 0.25) is 0 Å². The van der Waals surface area contributed by atoms with Crippen LogP contribution in [0.15, 0.2) is 23.8 Å². The first kappa shape index (κ1) is 11.3. The summed E-state index contributed by atoms with van der Waals surface area (Å²) in [4.78, 5) is 4.36. The van der Waals surface area contributed by atoms with Crippen molar-refractivity contribution in [2.45, 2.75) is 38.5 Å². The minimum Gasteiger partial charge on any atom is -0.282 e. The molecule has 86 valence electrons. The van der Waals surface area contributed by atoms with Gasteiger partial charge in [-0.3, -0.25) is 5.10 Å². The lowest BCUT2D eigenvalue weighted by molar-refractivity contribution is 0.563. The molecule has 0 radical (unpaired) electrons. The summed E-state index contributed by atoms with van der Waals surface area (Å²) >= 11 is 1.75. The predicted octanol–water partition coefficient (Wildman–Crippen LogP) is 3.55. The van der Waals surface area contributed by atoms with E-state index in [1.807, 2.05) is 17.8 Å². The molecule has 0 aliphatic heterocycles. The van der Waals surface area contributed by atoms with Crippen LogP contribution in [0.25, 0.3) is 0 Å². The van der Waals surface area contributed by atoms with Gasteiger partial charge in [0.15, 0.2) is 0 Å². The molecule has 0 aliphatic carbocycles. The number of rotatable bonds is 5. The molecular weight excluding hydrogens is 218 g/mol. The SMILES string of the molecule is CC(CCC(C)c1nccs1)c1ccn[nH]1. The molecule has 0 saturated heterocycles. The Morgan fingerprint density at radius 2 is 2.06 bits per heavy atom. The van der Waals surface area contributed by atoms with Crippen LogP contribution in [0, 0.1) is 0 Å². The average molecular weight is 235 g/mol. The lowest BCUT2D eigenvalue weighted by Crippen LogP contribution is -1.99. The van der Waals surface area contributed by atoms with Crippen LogP contribution in [0.1, 0.15) is 49.2 Å². The van der Waals surface area contributed by atoms with E-state index < -0.39 is 0 Å². The Labute approximate surface area is 99.9 Å². The van der Waals surface area contributed by atoms with E-state index in [0.717, 1.165) is 0 Å². The standard InChI is InChI=1S/C12H17N3S/c1-9(11-5-6-14-15-11)3-4-10(2)12-13-7-8-16-12/h5-10H,3-4H2,1-2H3,(H,14,15). The smallest absolute Gasteiger partial charge is 0.0953 e. The van der Waals surface area contributed by atoms with Gasteiger partial charge in [-0.15, -0.1) is 11.3 Å². The number of hydrogen-bond acceptors (Lipinski definition) is 3. The van der Waals surface area contributed by atoms with Gasteiger partial charge >= 0.3 is 0 Å². The van der Waals surface area contributed by atoms with Crippen LogP contribution in [0.5, 0.6) is 0 Å². The molecule has 2 rings (SSSR count). The van der Waals surface area contributed by atoms with E-state index in [-0.39, 0.29) is 0 Å². The van der Waals surface area contributed by atoms with E-state index in [1.54, 1.807) is 11.3 Å². The van der Waals surface area contributed by atoms with Crippen LogP contribution in [0.3, 0.4) is 0 Å². The van der Waals surface area contributed by atoms with Crippen molar-refractivity contribution in [3.05, 3.63) is 34.5 Å². The van der Waals surface area contributed by atoms with E-state index in [4.69, 9.17) is 0 Å². The van der Waals surface area contributed by atoms with E-state index >= 15 is 0 Å². The van der Waals surface area contributed by atoms with Crippen LogP contribution >= 0.6 is 11.3 Å². The van der Waals surface area contributed by atoms with Crippen LogP contribution in [0.4, 0.5) is 0 Å². The molecular formula is C12H17N3S. The first-order chi connectivity index (χ1) is 7.77. The molecule has 0 bridgehead atoms. The molecule has 2 aromatic rings. The van der Waals surface area contributed by atoms with Gasteiger partial charge in [-0.1, -0.05) is 13.8 Å². The predicted molar refractivity (Wildman–Crippen MR) is 66.8 cm³/mol. The zero-order valence-electron chi connectivity index (χ0n) is 9.68. The maximum absolute atomic E-state index is 4.36. The number of aromatic amines is 1. The van der Waals surface area contributed by atoms with Crippen LogP contribution in [-0.4, -0.2) is 15.2 Å². The van der Waals surface area contributed by atoms with Crippen LogP contribution in [-0.2, 0) is 0 Å². The van der Waals surface area contributed by atoms with Gasteiger partial charge in [-0.25, -0.2) is 4.98 Å². The Bertz CT molecular complexity index is 354. The van der Waals surface area contributed by atoms with Crippen molar-refractivity contribution in [1.82, 2.24) is 15.2 Å². The Kier molecular flexibility index (Phi) is 3.72. The summed E-state index contributed by atoms with van der Waals surface area (Å²) in [5.41, 5.74) is 1.23. The van der Waals surface area contributed by atoms with Crippen molar-refractivity contribution in [2.24, 2.45) is 0 Å². The molecule has 0 saturated carbocycles. The third-order valence-electron chi connectivity index (χ3n) is 2.96. The van der Waals surface area contributed by atoms with Gasteiger partial charge in [-0.2, -0.15) is 5.10 Å². The van der Waals surface area contributed by atoms with Crippen LogP contribution < -0.4 is 0 Å². The van der Waals surface area contributed by atoms with Crippen molar-refractivity contribution in [1.29, 1.82) is 0 Å². The molecule has 0 aliphatic rings. The van der Waals surface area contributed by atoms with E-state index in [9.17, 15) is 0 Å². The van der Waals surface area contributed by atoms with Crippen molar-refractivity contribution < 1.29 is 0 Å². The first-order valence-corrected chi connectivity index (χ1v) is 6.54. The average Bonchev–Trinajstić information content (AvgIpc) is 2.95. The van der Waals surface area contributed by atoms with E-state index in [0.29, 0.717) is 11.8 Å². The van der Waals surface area contributed by atoms with Gasteiger partial charge in [0.05, 0.1) is 5.01 Å². The van der Waals surface area contributed by atoms with E-state index in [1.165, 1.54) is 23.5 Å². The Morgan fingerprint density at radius 1 is 1.25 bits per heavy atom. The molecule has 0 aromatic carbocycles. The highest BCUT2D eigenvalue weighted by molar-refractivity contribution is 7.09. The fraction of sp³-hybridized carbons (Fsp3) is 0.500. The van der Waals surface area contributed by atoms with Gasteiger partial charge in [-0.05, 0) is 24.8 Å². The minimum atomic E-state index is 0.546. The highest BCUT2D eigenvalue weighted by Crippen LogP contribution is 2.27. The lowest BCUT2D eigenvalue weighted by atomic mass is 9.96. The zero-order chi connectivity index (χ0) is 11.4. The third kappa shape index (κ3) is 2.70. The summed E-state index contributed by atoms with van der Waals surface area (Å²) in [6.45, 7) is 4.49. The van der Waals surface area contributed by atoms with Gasteiger partial charge < -0.3 is 0 Å². The fourth-order valence-corrected chi connectivity index (χ4v) is 2.53. The van der Waals surface area contributed by atoms with Crippen LogP contribution in [0.2, 0.25) is 0 Å². The normalized spacial score (nSPS) is 14.9. The second-order valence-electron chi connectivity index (χ2n) is 4.26. The minimum absolute atomic E-state index is 0.546. The van der Waals surface area contributed by atoms with Gasteiger partial charge in [0.25, 0.3) is 0 Å². The highest BCUT2D eigenvalue weighted by atomic mass is 32.1. The summed E-state index contributed by atoms with van der Waals surface area (Å²) in [6.07, 6.45) is 6.04. The van der Waals surface area contributed by atoms with Crippen molar-refractivity contribution >= 4 is 11.3 Å². The Morgan fingerprint density at radius 3 is 2.69 bits per heavy atom.